The van der Waals surface area contributed by atoms with Crippen molar-refractivity contribution in [1.29, 1.82) is 0 Å². The zero-order chi connectivity index (χ0) is 19.2. The Hall–Kier alpha value is -1.26. The van der Waals surface area contributed by atoms with Gasteiger partial charge in [0.1, 0.15) is 6.10 Å². The van der Waals surface area contributed by atoms with Gasteiger partial charge in [-0.1, -0.05) is 39.0 Å². The van der Waals surface area contributed by atoms with Crippen LogP contribution in [0.3, 0.4) is 0 Å². The molecule has 1 aliphatic carbocycles. The molecule has 0 amide bonds. The van der Waals surface area contributed by atoms with Crippen LogP contribution in [0.1, 0.15) is 52.0 Å². The van der Waals surface area contributed by atoms with E-state index in [2.05, 4.69) is 52.6 Å². The molecular weight excluding hydrogens is 340 g/mol. The molecule has 3 atom stereocenters. The molecule has 1 saturated carbocycles. The fraction of sp³-hybridized carbons (Fsp3) is 0.636. The number of rotatable bonds is 5. The summed E-state index contributed by atoms with van der Waals surface area (Å²) in [6, 6.07) is 6.27. The molecule has 0 unspecified atom stereocenters. The predicted molar refractivity (Wildman–Crippen MR) is 110 cm³/mol. The van der Waals surface area contributed by atoms with Gasteiger partial charge in [0.15, 0.2) is 19.8 Å². The van der Waals surface area contributed by atoms with E-state index in [1.54, 1.807) is 7.11 Å². The Morgan fingerprint density at radius 1 is 1.35 bits per heavy atom. The highest BCUT2D eigenvalue weighted by Gasteiger charge is 2.53. The highest BCUT2D eigenvalue weighted by molar-refractivity contribution is 6.74. The maximum atomic E-state index is 6.73. The quantitative estimate of drug-likeness (QED) is 0.478. The minimum absolute atomic E-state index is 0.0128. The van der Waals surface area contributed by atoms with Gasteiger partial charge in [-0.2, -0.15) is 0 Å². The number of hydrogen-bond acceptors (Lipinski definition) is 3. The Morgan fingerprint density at radius 2 is 2.08 bits per heavy atom. The zero-order valence-electron chi connectivity index (χ0n) is 17.2. The second-order valence-corrected chi connectivity index (χ2v) is 14.1. The molecule has 1 aliphatic heterocycles. The molecule has 144 valence electrons. The molecule has 4 heteroatoms. The van der Waals surface area contributed by atoms with Crippen LogP contribution in [0.4, 0.5) is 0 Å². The van der Waals surface area contributed by atoms with Crippen LogP contribution in [-0.4, -0.2) is 27.6 Å². The minimum Gasteiger partial charge on any atom is -0.493 e. The van der Waals surface area contributed by atoms with Crippen molar-refractivity contribution in [3.63, 3.8) is 0 Å². The number of fused-ring (bicyclic) bond motifs is 3. The van der Waals surface area contributed by atoms with E-state index in [1.165, 1.54) is 5.56 Å². The van der Waals surface area contributed by atoms with Crippen molar-refractivity contribution < 1.29 is 13.9 Å². The summed E-state index contributed by atoms with van der Waals surface area (Å²) >= 11 is 0. The average molecular weight is 375 g/mol. The molecule has 1 aromatic rings. The lowest BCUT2D eigenvalue weighted by atomic mass is 9.66. The summed E-state index contributed by atoms with van der Waals surface area (Å²) in [4.78, 5) is 0. The van der Waals surface area contributed by atoms with Crippen molar-refractivity contribution in [2.24, 2.45) is 0 Å². The summed E-state index contributed by atoms with van der Waals surface area (Å²) in [5.74, 6) is 1.76. The Morgan fingerprint density at radius 3 is 2.69 bits per heavy atom. The maximum Gasteiger partial charge on any atom is 0.192 e. The van der Waals surface area contributed by atoms with Gasteiger partial charge in [-0.05, 0) is 43.5 Å². The first-order chi connectivity index (χ1) is 12.1. The molecule has 26 heavy (non-hydrogen) atoms. The third-order valence-corrected chi connectivity index (χ3v) is 11.3. The van der Waals surface area contributed by atoms with Crippen LogP contribution >= 0.6 is 0 Å². The highest BCUT2D eigenvalue weighted by Crippen LogP contribution is 2.56. The highest BCUT2D eigenvalue weighted by atomic mass is 28.4. The van der Waals surface area contributed by atoms with Crippen LogP contribution in [-0.2, 0) is 9.84 Å². The average Bonchev–Trinajstić information content (AvgIpc) is 2.87. The van der Waals surface area contributed by atoms with E-state index in [0.717, 1.165) is 37.2 Å². The van der Waals surface area contributed by atoms with Crippen molar-refractivity contribution in [2.45, 2.75) is 82.2 Å². The number of allylic oxidation sites excluding steroid dienone is 1. The first-order valence-corrected chi connectivity index (χ1v) is 12.7. The summed E-state index contributed by atoms with van der Waals surface area (Å²) in [6.07, 6.45) is 6.48. The molecule has 1 aromatic carbocycles. The summed E-state index contributed by atoms with van der Waals surface area (Å²) in [6.45, 7) is 15.6. The largest absolute Gasteiger partial charge is 0.493 e. The van der Waals surface area contributed by atoms with Crippen LogP contribution in [0.25, 0.3) is 0 Å². The third-order valence-electron chi connectivity index (χ3n) is 6.78. The second kappa shape index (κ2) is 6.72. The normalized spacial score (nSPS) is 28.1. The van der Waals surface area contributed by atoms with Gasteiger partial charge in [-0.3, -0.25) is 0 Å². The Bertz CT molecular complexity index is 676. The lowest BCUT2D eigenvalue weighted by Gasteiger charge is -2.45. The standard InChI is InChI=1S/C22H34O3Si/c1-8-13-22-14-12-16(25-26(6,7)21(2,3)4)15-19(22)24-20-17(22)10-9-11-18(20)23-5/h8-11,16,19H,1,12-15H2,2-7H3/t16-,19-,22-/m0/s1. The number of methoxy groups -OCH3 is 1. The van der Waals surface area contributed by atoms with Gasteiger partial charge in [-0.25, -0.2) is 0 Å². The molecule has 1 heterocycles. The van der Waals surface area contributed by atoms with Crippen molar-refractivity contribution in [3.8, 4) is 11.5 Å². The van der Waals surface area contributed by atoms with Gasteiger partial charge in [0.2, 0.25) is 0 Å². The van der Waals surface area contributed by atoms with E-state index in [0.29, 0.717) is 0 Å². The monoisotopic (exact) mass is 374 g/mol. The fourth-order valence-corrected chi connectivity index (χ4v) is 5.67. The van der Waals surface area contributed by atoms with Crippen LogP contribution in [0.15, 0.2) is 30.9 Å². The first kappa shape index (κ1) is 19.5. The predicted octanol–water partition coefficient (Wildman–Crippen LogP) is 5.84. The topological polar surface area (TPSA) is 27.7 Å². The van der Waals surface area contributed by atoms with Gasteiger partial charge < -0.3 is 13.9 Å². The lowest BCUT2D eigenvalue weighted by Crippen LogP contribution is -2.50. The van der Waals surface area contributed by atoms with E-state index < -0.39 is 8.32 Å². The molecule has 0 radical (unpaired) electrons. The van der Waals surface area contributed by atoms with E-state index >= 15 is 0 Å². The summed E-state index contributed by atoms with van der Waals surface area (Å²) in [5, 5.41) is 0.228. The zero-order valence-corrected chi connectivity index (χ0v) is 18.2. The van der Waals surface area contributed by atoms with E-state index in [9.17, 15) is 0 Å². The third kappa shape index (κ3) is 3.11. The molecule has 0 saturated heterocycles. The van der Waals surface area contributed by atoms with Gasteiger partial charge in [-0.15, -0.1) is 6.58 Å². The Labute approximate surface area is 159 Å². The Balaban J connectivity index is 1.87. The number of para-hydroxylation sites is 1. The molecule has 3 nitrogen and oxygen atoms in total. The van der Waals surface area contributed by atoms with Crippen LogP contribution in [0.5, 0.6) is 11.5 Å². The number of hydrogen-bond donors (Lipinski definition) is 0. The van der Waals surface area contributed by atoms with Gasteiger partial charge >= 0.3 is 0 Å². The molecular formula is C22H34O3Si. The van der Waals surface area contributed by atoms with Gasteiger partial charge in [0, 0.05) is 23.5 Å². The fourth-order valence-electron chi connectivity index (χ4n) is 4.26. The summed E-state index contributed by atoms with van der Waals surface area (Å²) in [7, 11) is -0.0643. The van der Waals surface area contributed by atoms with E-state index in [-0.39, 0.29) is 22.7 Å². The molecule has 0 N–H and O–H groups in total. The van der Waals surface area contributed by atoms with Crippen LogP contribution < -0.4 is 9.47 Å². The molecule has 1 fully saturated rings. The van der Waals surface area contributed by atoms with Crippen molar-refractivity contribution >= 4 is 8.32 Å². The molecule has 3 rings (SSSR count). The van der Waals surface area contributed by atoms with Crippen molar-refractivity contribution in [2.75, 3.05) is 7.11 Å². The molecule has 2 aliphatic rings. The SMILES string of the molecule is C=CC[C@@]12CC[C@H](O[Si](C)(C)C(C)(C)C)C[C@@H]1Oc1c(OC)cccc12. The number of benzene rings is 1. The molecule has 0 spiro atoms. The maximum absolute atomic E-state index is 6.73. The van der Waals surface area contributed by atoms with Crippen molar-refractivity contribution in [1.82, 2.24) is 0 Å². The first-order valence-electron chi connectivity index (χ1n) is 9.77. The number of ether oxygens (including phenoxy) is 2. The lowest BCUT2D eigenvalue weighted by molar-refractivity contribution is 0.0233. The van der Waals surface area contributed by atoms with Gasteiger partial charge in [0.25, 0.3) is 0 Å². The molecule has 0 bridgehead atoms. The smallest absolute Gasteiger partial charge is 0.192 e. The van der Waals surface area contributed by atoms with Gasteiger partial charge in [0.05, 0.1) is 7.11 Å². The second-order valence-electron chi connectivity index (χ2n) is 9.37. The summed E-state index contributed by atoms with van der Waals surface area (Å²) in [5.41, 5.74) is 1.30. The molecule has 0 aromatic heterocycles. The Kier molecular flexibility index (Phi) is 5.04. The van der Waals surface area contributed by atoms with E-state index in [4.69, 9.17) is 13.9 Å². The van der Waals surface area contributed by atoms with Crippen molar-refractivity contribution in [3.05, 3.63) is 36.4 Å². The van der Waals surface area contributed by atoms with Crippen LogP contribution in [0.2, 0.25) is 18.1 Å². The van der Waals surface area contributed by atoms with Crippen LogP contribution in [0, 0.1) is 0 Å². The summed E-state index contributed by atoms with van der Waals surface area (Å²) < 4.78 is 18.8. The van der Waals surface area contributed by atoms with E-state index in [1.807, 2.05) is 12.1 Å². The minimum atomic E-state index is -1.78.